The van der Waals surface area contributed by atoms with Crippen LogP contribution >= 0.6 is 35.0 Å². The van der Waals surface area contributed by atoms with E-state index in [2.05, 4.69) is 15.5 Å². The minimum atomic E-state index is -0.543. The molecule has 37 heavy (non-hydrogen) atoms. The van der Waals surface area contributed by atoms with Crippen LogP contribution in [0.5, 0.6) is 11.5 Å². The van der Waals surface area contributed by atoms with Crippen molar-refractivity contribution >= 4 is 52.5 Å². The summed E-state index contributed by atoms with van der Waals surface area (Å²) >= 11 is 13.9. The summed E-state index contributed by atoms with van der Waals surface area (Å²) < 4.78 is 12.6. The van der Waals surface area contributed by atoms with E-state index < -0.39 is 5.91 Å². The number of hydrogen-bond acceptors (Lipinski definition) is 7. The molecule has 0 atom stereocenters. The number of nitrogens with two attached hydrogens (primary N) is 1. The number of rotatable bonds is 9. The number of carbonyl (C=O) groups is 2. The number of thioether (sulfide) groups is 1. The average Bonchev–Trinajstić information content (AvgIpc) is 3.31. The molecule has 4 rings (SSSR count). The fourth-order valence-electron chi connectivity index (χ4n) is 3.46. The number of amides is 2. The first kappa shape index (κ1) is 26.3. The lowest BCUT2D eigenvalue weighted by Crippen LogP contribution is -2.15. The highest BCUT2D eigenvalue weighted by Gasteiger charge is 2.21. The maximum absolute atomic E-state index is 12.7. The lowest BCUT2D eigenvalue weighted by Gasteiger charge is -2.14. The molecule has 1 aromatic heterocycles. The number of nitrogens with zero attached hydrogens (tertiary/aromatic N) is 3. The lowest BCUT2D eigenvalue weighted by molar-refractivity contribution is -0.113. The average molecular weight is 558 g/mol. The van der Waals surface area contributed by atoms with E-state index in [4.69, 9.17) is 38.4 Å². The number of benzene rings is 3. The first-order valence-electron chi connectivity index (χ1n) is 10.8. The Morgan fingerprint density at radius 1 is 0.973 bits per heavy atom. The Kier molecular flexibility index (Phi) is 8.22. The van der Waals surface area contributed by atoms with Crippen molar-refractivity contribution < 1.29 is 19.1 Å². The van der Waals surface area contributed by atoms with Gasteiger partial charge in [-0.05, 0) is 60.7 Å². The van der Waals surface area contributed by atoms with E-state index in [-0.39, 0.29) is 11.7 Å². The standard InChI is InChI=1S/C25H21Cl2N5O4S/c1-35-20-9-5-15(26)11-18(20)24-30-31-25(32(24)17-8-10-21(36-2)19(27)12-17)37-13-22(33)29-16-6-3-14(4-7-16)23(28)34/h3-12H,13H2,1-2H3,(H2,28,34)(H,29,33). The third-order valence-corrected chi connectivity index (χ3v) is 6.67. The minimum absolute atomic E-state index is 0.0340. The van der Waals surface area contributed by atoms with Gasteiger partial charge in [-0.25, -0.2) is 0 Å². The molecule has 0 bridgehead atoms. The van der Waals surface area contributed by atoms with Crippen LogP contribution in [0.4, 0.5) is 5.69 Å². The molecule has 0 radical (unpaired) electrons. The summed E-state index contributed by atoms with van der Waals surface area (Å²) in [4.78, 5) is 23.9. The smallest absolute Gasteiger partial charge is 0.248 e. The van der Waals surface area contributed by atoms with E-state index in [1.54, 1.807) is 72.3 Å². The van der Waals surface area contributed by atoms with Crippen molar-refractivity contribution in [3.05, 3.63) is 76.3 Å². The van der Waals surface area contributed by atoms with Crippen LogP contribution in [0, 0.1) is 0 Å². The van der Waals surface area contributed by atoms with Gasteiger partial charge >= 0.3 is 0 Å². The highest BCUT2D eigenvalue weighted by molar-refractivity contribution is 7.99. The molecule has 0 saturated carbocycles. The number of halogens is 2. The van der Waals surface area contributed by atoms with Crippen LogP contribution in [0.15, 0.2) is 65.8 Å². The molecule has 0 unspecified atom stereocenters. The summed E-state index contributed by atoms with van der Waals surface area (Å²) in [5.74, 6) is 0.722. The van der Waals surface area contributed by atoms with Gasteiger partial charge in [0.05, 0.1) is 36.2 Å². The number of ether oxygens (including phenoxy) is 2. The zero-order valence-corrected chi connectivity index (χ0v) is 22.0. The van der Waals surface area contributed by atoms with Crippen LogP contribution in [0.3, 0.4) is 0 Å². The molecule has 0 aliphatic heterocycles. The predicted molar refractivity (Wildman–Crippen MR) is 144 cm³/mol. The number of nitrogens with one attached hydrogen (secondary N) is 1. The van der Waals surface area contributed by atoms with Gasteiger partial charge < -0.3 is 20.5 Å². The molecule has 1 heterocycles. The minimum Gasteiger partial charge on any atom is -0.496 e. The number of methoxy groups -OCH3 is 2. The van der Waals surface area contributed by atoms with Crippen molar-refractivity contribution in [1.82, 2.24) is 14.8 Å². The fourth-order valence-corrected chi connectivity index (χ4v) is 4.64. The van der Waals surface area contributed by atoms with E-state index in [9.17, 15) is 9.59 Å². The van der Waals surface area contributed by atoms with Gasteiger partial charge in [-0.15, -0.1) is 10.2 Å². The normalized spacial score (nSPS) is 10.7. The summed E-state index contributed by atoms with van der Waals surface area (Å²) in [5.41, 5.74) is 7.40. The molecule has 9 nitrogen and oxygen atoms in total. The van der Waals surface area contributed by atoms with Gasteiger partial charge in [0, 0.05) is 16.3 Å². The van der Waals surface area contributed by atoms with E-state index in [1.165, 1.54) is 18.9 Å². The van der Waals surface area contributed by atoms with E-state index in [0.29, 0.717) is 55.0 Å². The second-order valence-electron chi connectivity index (χ2n) is 7.58. The Bertz CT molecular complexity index is 1460. The highest BCUT2D eigenvalue weighted by Crippen LogP contribution is 2.36. The summed E-state index contributed by atoms with van der Waals surface area (Å²) in [6.45, 7) is 0. The number of primary amides is 1. The van der Waals surface area contributed by atoms with Crippen LogP contribution in [0.1, 0.15) is 10.4 Å². The quantitative estimate of drug-likeness (QED) is 0.275. The Labute approximate surface area is 226 Å². The summed E-state index contributed by atoms with van der Waals surface area (Å²) in [5, 5.41) is 12.8. The summed E-state index contributed by atoms with van der Waals surface area (Å²) in [6, 6.07) is 16.7. The first-order valence-corrected chi connectivity index (χ1v) is 12.5. The van der Waals surface area contributed by atoms with Gasteiger partial charge in [0.1, 0.15) is 11.5 Å². The molecule has 0 aliphatic carbocycles. The molecule has 0 spiro atoms. The summed E-state index contributed by atoms with van der Waals surface area (Å²) in [7, 11) is 3.08. The maximum atomic E-state index is 12.7. The van der Waals surface area contributed by atoms with Gasteiger partial charge in [0.15, 0.2) is 11.0 Å². The van der Waals surface area contributed by atoms with Crippen molar-refractivity contribution in [1.29, 1.82) is 0 Å². The third kappa shape index (κ3) is 5.99. The molecule has 3 aromatic carbocycles. The molecular formula is C25H21Cl2N5O4S. The molecule has 3 N–H and O–H groups in total. The first-order chi connectivity index (χ1) is 17.8. The van der Waals surface area contributed by atoms with Crippen LogP contribution in [-0.4, -0.2) is 46.6 Å². The Hall–Kier alpha value is -3.73. The van der Waals surface area contributed by atoms with Crippen molar-refractivity contribution in [2.75, 3.05) is 25.3 Å². The Balaban J connectivity index is 1.65. The van der Waals surface area contributed by atoms with E-state index in [0.717, 1.165) is 0 Å². The molecule has 190 valence electrons. The van der Waals surface area contributed by atoms with Gasteiger partial charge in [-0.2, -0.15) is 0 Å². The fraction of sp³-hybridized carbons (Fsp3) is 0.120. The van der Waals surface area contributed by atoms with Crippen LogP contribution < -0.4 is 20.5 Å². The number of carbonyl (C=O) groups excluding carboxylic acids is 2. The van der Waals surface area contributed by atoms with Crippen molar-refractivity contribution in [3.8, 4) is 28.6 Å². The maximum Gasteiger partial charge on any atom is 0.248 e. The van der Waals surface area contributed by atoms with Crippen LogP contribution in [0.2, 0.25) is 10.0 Å². The van der Waals surface area contributed by atoms with Crippen molar-refractivity contribution in [2.45, 2.75) is 5.16 Å². The van der Waals surface area contributed by atoms with Crippen molar-refractivity contribution in [2.24, 2.45) is 5.73 Å². The predicted octanol–water partition coefficient (Wildman–Crippen LogP) is 5.09. The molecule has 2 amide bonds. The topological polar surface area (TPSA) is 121 Å². The van der Waals surface area contributed by atoms with Gasteiger partial charge in [0.2, 0.25) is 11.8 Å². The number of anilines is 1. The number of hydrogen-bond donors (Lipinski definition) is 2. The van der Waals surface area contributed by atoms with Gasteiger partial charge in [-0.1, -0.05) is 35.0 Å². The number of aromatic nitrogens is 3. The highest BCUT2D eigenvalue weighted by atomic mass is 35.5. The zero-order chi connectivity index (χ0) is 26.5. The molecular weight excluding hydrogens is 537 g/mol. The van der Waals surface area contributed by atoms with E-state index >= 15 is 0 Å². The van der Waals surface area contributed by atoms with Gasteiger partial charge in [-0.3, -0.25) is 14.2 Å². The third-order valence-electron chi connectivity index (χ3n) is 5.21. The molecule has 0 saturated heterocycles. The zero-order valence-electron chi connectivity index (χ0n) is 19.7. The van der Waals surface area contributed by atoms with Crippen molar-refractivity contribution in [3.63, 3.8) is 0 Å². The van der Waals surface area contributed by atoms with Crippen LogP contribution in [0.25, 0.3) is 17.1 Å². The second kappa shape index (κ2) is 11.5. The Morgan fingerprint density at radius 3 is 2.32 bits per heavy atom. The Morgan fingerprint density at radius 2 is 1.68 bits per heavy atom. The SMILES string of the molecule is COc1ccc(-n2c(SCC(=O)Nc3ccc(C(N)=O)cc3)nnc2-c2cc(Cl)ccc2OC)cc1Cl. The molecule has 12 heteroatoms. The molecule has 0 aliphatic rings. The van der Waals surface area contributed by atoms with E-state index in [1.807, 2.05) is 0 Å². The monoisotopic (exact) mass is 557 g/mol. The lowest BCUT2D eigenvalue weighted by atomic mass is 10.2. The van der Waals surface area contributed by atoms with Gasteiger partial charge in [0.25, 0.3) is 0 Å². The summed E-state index contributed by atoms with van der Waals surface area (Å²) in [6.07, 6.45) is 0. The van der Waals surface area contributed by atoms with Crippen LogP contribution in [-0.2, 0) is 4.79 Å². The molecule has 0 fully saturated rings. The molecule has 4 aromatic rings. The second-order valence-corrected chi connectivity index (χ2v) is 9.37. The largest absolute Gasteiger partial charge is 0.496 e.